The molecule has 1 N–H and O–H groups in total. The standard InChI is InChI=1S/C21H22N2OS/c1-23(16-19-11-7-13-25-19)21(24)15-22-20-12-6-5-10-18(20)14-17-8-3-2-4-9-17/h2-13,22H,14-16H2,1H3. The van der Waals surface area contributed by atoms with Crippen LogP contribution in [0.15, 0.2) is 72.1 Å². The maximum Gasteiger partial charge on any atom is 0.241 e. The van der Waals surface area contributed by atoms with Crippen LogP contribution in [-0.2, 0) is 17.8 Å². The Labute approximate surface area is 152 Å². The molecule has 0 atom stereocenters. The van der Waals surface area contributed by atoms with E-state index in [2.05, 4.69) is 41.7 Å². The van der Waals surface area contributed by atoms with Gasteiger partial charge < -0.3 is 10.2 Å². The van der Waals surface area contributed by atoms with Crippen LogP contribution in [0.25, 0.3) is 0 Å². The zero-order valence-electron chi connectivity index (χ0n) is 14.3. The van der Waals surface area contributed by atoms with Crippen LogP contribution in [0, 0.1) is 0 Å². The second-order valence-electron chi connectivity index (χ2n) is 6.00. The van der Waals surface area contributed by atoms with Crippen LogP contribution >= 0.6 is 11.3 Å². The molecule has 3 rings (SSSR count). The molecule has 3 aromatic rings. The normalized spacial score (nSPS) is 10.4. The van der Waals surface area contributed by atoms with Crippen molar-refractivity contribution in [2.24, 2.45) is 0 Å². The average Bonchev–Trinajstić information content (AvgIpc) is 3.14. The Balaban J connectivity index is 1.60. The molecule has 3 nitrogen and oxygen atoms in total. The van der Waals surface area contributed by atoms with Crippen LogP contribution in [0.3, 0.4) is 0 Å². The summed E-state index contributed by atoms with van der Waals surface area (Å²) in [7, 11) is 1.85. The number of carbonyl (C=O) groups excluding carboxylic acids is 1. The molecular weight excluding hydrogens is 328 g/mol. The first-order valence-electron chi connectivity index (χ1n) is 8.34. The highest BCUT2D eigenvalue weighted by atomic mass is 32.1. The highest BCUT2D eigenvalue weighted by molar-refractivity contribution is 7.09. The number of para-hydroxylation sites is 1. The van der Waals surface area contributed by atoms with Crippen molar-refractivity contribution < 1.29 is 4.79 Å². The van der Waals surface area contributed by atoms with Crippen molar-refractivity contribution in [2.75, 3.05) is 18.9 Å². The molecule has 1 heterocycles. The van der Waals surface area contributed by atoms with E-state index in [1.807, 2.05) is 42.8 Å². The zero-order valence-corrected chi connectivity index (χ0v) is 15.1. The van der Waals surface area contributed by atoms with Gasteiger partial charge in [-0.1, -0.05) is 54.6 Å². The summed E-state index contributed by atoms with van der Waals surface area (Å²) in [5, 5.41) is 5.34. The number of thiophene rings is 1. The highest BCUT2D eigenvalue weighted by Gasteiger charge is 2.11. The van der Waals surface area contributed by atoms with Gasteiger partial charge in [0.1, 0.15) is 0 Å². The van der Waals surface area contributed by atoms with Gasteiger partial charge in [-0.05, 0) is 35.1 Å². The summed E-state index contributed by atoms with van der Waals surface area (Å²) in [6.45, 7) is 0.956. The monoisotopic (exact) mass is 350 g/mol. The van der Waals surface area contributed by atoms with Crippen LogP contribution in [-0.4, -0.2) is 24.4 Å². The first-order chi connectivity index (χ1) is 12.2. The quantitative estimate of drug-likeness (QED) is 0.684. The Morgan fingerprint density at radius 1 is 1.00 bits per heavy atom. The van der Waals surface area contributed by atoms with Gasteiger partial charge in [0.15, 0.2) is 0 Å². The number of nitrogens with one attached hydrogen (secondary N) is 1. The van der Waals surface area contributed by atoms with E-state index in [-0.39, 0.29) is 5.91 Å². The number of nitrogens with zero attached hydrogens (tertiary/aromatic N) is 1. The van der Waals surface area contributed by atoms with Gasteiger partial charge in [-0.3, -0.25) is 4.79 Å². The molecule has 1 amide bonds. The van der Waals surface area contributed by atoms with Gasteiger partial charge in [-0.2, -0.15) is 0 Å². The lowest BCUT2D eigenvalue weighted by atomic mass is 10.0. The van der Waals surface area contributed by atoms with Crippen molar-refractivity contribution in [1.82, 2.24) is 4.90 Å². The zero-order chi connectivity index (χ0) is 17.5. The Kier molecular flexibility index (Phi) is 5.86. The predicted octanol–water partition coefficient (Wildman–Crippen LogP) is 4.41. The molecule has 25 heavy (non-hydrogen) atoms. The molecule has 0 saturated heterocycles. The number of anilines is 1. The SMILES string of the molecule is CN(Cc1cccs1)C(=O)CNc1ccccc1Cc1ccccc1. The summed E-state index contributed by atoms with van der Waals surface area (Å²) in [4.78, 5) is 15.3. The summed E-state index contributed by atoms with van der Waals surface area (Å²) in [6.07, 6.45) is 0.850. The molecule has 0 aliphatic carbocycles. The first-order valence-corrected chi connectivity index (χ1v) is 9.22. The van der Waals surface area contributed by atoms with E-state index < -0.39 is 0 Å². The van der Waals surface area contributed by atoms with Gasteiger partial charge in [0.05, 0.1) is 13.1 Å². The number of hydrogen-bond donors (Lipinski definition) is 1. The number of amides is 1. The van der Waals surface area contributed by atoms with E-state index in [1.165, 1.54) is 16.0 Å². The molecule has 128 valence electrons. The van der Waals surface area contributed by atoms with Crippen molar-refractivity contribution >= 4 is 22.9 Å². The number of hydrogen-bond acceptors (Lipinski definition) is 3. The van der Waals surface area contributed by atoms with E-state index >= 15 is 0 Å². The number of carbonyl (C=O) groups is 1. The summed E-state index contributed by atoms with van der Waals surface area (Å²) < 4.78 is 0. The number of benzene rings is 2. The molecule has 1 aromatic heterocycles. The van der Waals surface area contributed by atoms with E-state index in [4.69, 9.17) is 0 Å². The van der Waals surface area contributed by atoms with Crippen molar-refractivity contribution in [3.8, 4) is 0 Å². The van der Waals surface area contributed by atoms with Crippen LogP contribution in [0.5, 0.6) is 0 Å². The van der Waals surface area contributed by atoms with Crippen LogP contribution in [0.2, 0.25) is 0 Å². The summed E-state index contributed by atoms with van der Waals surface area (Å²) in [5.41, 5.74) is 3.48. The molecule has 2 aromatic carbocycles. The maximum absolute atomic E-state index is 12.4. The second kappa shape index (κ2) is 8.49. The molecule has 0 aliphatic rings. The van der Waals surface area contributed by atoms with Crippen LogP contribution in [0.4, 0.5) is 5.69 Å². The predicted molar refractivity (Wildman–Crippen MR) is 105 cm³/mol. The summed E-state index contributed by atoms with van der Waals surface area (Å²) >= 11 is 1.67. The number of rotatable bonds is 7. The lowest BCUT2D eigenvalue weighted by Crippen LogP contribution is -2.31. The second-order valence-corrected chi connectivity index (χ2v) is 7.03. The molecule has 0 aliphatic heterocycles. The van der Waals surface area contributed by atoms with Crippen molar-refractivity contribution in [3.05, 3.63) is 88.1 Å². The Hall–Kier alpha value is -2.59. The summed E-state index contributed by atoms with van der Waals surface area (Å²) in [6, 6.07) is 22.6. The highest BCUT2D eigenvalue weighted by Crippen LogP contribution is 2.19. The molecule has 0 spiro atoms. The van der Waals surface area contributed by atoms with Crippen molar-refractivity contribution in [1.29, 1.82) is 0 Å². The molecular formula is C21H22N2OS. The molecule has 0 bridgehead atoms. The molecule has 4 heteroatoms. The largest absolute Gasteiger partial charge is 0.376 e. The van der Waals surface area contributed by atoms with E-state index in [0.29, 0.717) is 13.1 Å². The first kappa shape index (κ1) is 17.2. The number of likely N-dealkylation sites (N-methyl/N-ethyl adjacent to an activating group) is 1. The minimum atomic E-state index is 0.0860. The fraction of sp³-hybridized carbons (Fsp3) is 0.190. The minimum absolute atomic E-state index is 0.0860. The van der Waals surface area contributed by atoms with E-state index in [9.17, 15) is 4.79 Å². The summed E-state index contributed by atoms with van der Waals surface area (Å²) in [5.74, 6) is 0.0860. The third-order valence-corrected chi connectivity index (χ3v) is 4.94. The van der Waals surface area contributed by atoms with Gasteiger partial charge in [-0.25, -0.2) is 0 Å². The Bertz CT molecular complexity index is 800. The fourth-order valence-corrected chi connectivity index (χ4v) is 3.45. The van der Waals surface area contributed by atoms with Crippen molar-refractivity contribution in [3.63, 3.8) is 0 Å². The van der Waals surface area contributed by atoms with Gasteiger partial charge >= 0.3 is 0 Å². The smallest absolute Gasteiger partial charge is 0.241 e. The third-order valence-electron chi connectivity index (χ3n) is 4.08. The van der Waals surface area contributed by atoms with Crippen LogP contribution in [0.1, 0.15) is 16.0 Å². The fourth-order valence-electron chi connectivity index (χ4n) is 2.69. The minimum Gasteiger partial charge on any atom is -0.376 e. The Morgan fingerprint density at radius 2 is 1.76 bits per heavy atom. The van der Waals surface area contributed by atoms with Gasteiger partial charge in [0.25, 0.3) is 0 Å². The lowest BCUT2D eigenvalue weighted by Gasteiger charge is -2.18. The lowest BCUT2D eigenvalue weighted by molar-refractivity contribution is -0.128. The van der Waals surface area contributed by atoms with Gasteiger partial charge in [0, 0.05) is 17.6 Å². The molecule has 0 unspecified atom stereocenters. The van der Waals surface area contributed by atoms with E-state index in [0.717, 1.165) is 12.1 Å². The topological polar surface area (TPSA) is 32.3 Å². The van der Waals surface area contributed by atoms with Crippen LogP contribution < -0.4 is 5.32 Å². The molecule has 0 saturated carbocycles. The van der Waals surface area contributed by atoms with Gasteiger partial charge in [0.2, 0.25) is 5.91 Å². The Morgan fingerprint density at radius 3 is 2.52 bits per heavy atom. The van der Waals surface area contributed by atoms with E-state index in [1.54, 1.807) is 16.2 Å². The third kappa shape index (κ3) is 4.94. The van der Waals surface area contributed by atoms with Crippen molar-refractivity contribution in [2.45, 2.75) is 13.0 Å². The molecule has 0 radical (unpaired) electrons. The van der Waals surface area contributed by atoms with Gasteiger partial charge in [-0.15, -0.1) is 11.3 Å². The molecule has 0 fully saturated rings. The maximum atomic E-state index is 12.4. The average molecular weight is 350 g/mol.